The summed E-state index contributed by atoms with van der Waals surface area (Å²) in [7, 11) is -4.15. The Morgan fingerprint density at radius 3 is 2.42 bits per heavy atom. The lowest BCUT2D eigenvalue weighted by Crippen LogP contribution is -2.50. The van der Waals surface area contributed by atoms with Gasteiger partial charge >= 0.3 is 5.97 Å². The van der Waals surface area contributed by atoms with Crippen molar-refractivity contribution in [2.45, 2.75) is 54.9 Å². The van der Waals surface area contributed by atoms with Gasteiger partial charge in [0.25, 0.3) is 15.7 Å². The first-order valence-corrected chi connectivity index (χ1v) is 13.7. The smallest absolute Gasteiger partial charge is 0.328 e. The molecule has 8 nitrogen and oxygen atoms in total. The highest BCUT2D eigenvalue weighted by Crippen LogP contribution is 2.59. The van der Waals surface area contributed by atoms with Crippen molar-refractivity contribution >= 4 is 44.6 Å². The number of nitro groups is 1. The highest BCUT2D eigenvalue weighted by atomic mass is 35.5. The maximum atomic E-state index is 13.5. The summed E-state index contributed by atoms with van der Waals surface area (Å²) in [4.78, 5) is 24.5. The first-order valence-electron chi connectivity index (χ1n) is 11.1. The summed E-state index contributed by atoms with van der Waals surface area (Å²) in [5.41, 5.74) is -2.09. The number of sulfonamides is 1. The van der Waals surface area contributed by atoms with Crippen molar-refractivity contribution in [2.24, 2.45) is 0 Å². The van der Waals surface area contributed by atoms with Gasteiger partial charge in [0.15, 0.2) is 0 Å². The number of benzene rings is 2. The predicted octanol–water partition coefficient (Wildman–Crippen LogP) is 5.70. The minimum Gasteiger partial charge on any atom is -0.459 e. The van der Waals surface area contributed by atoms with Crippen LogP contribution in [0.2, 0.25) is 5.02 Å². The monoisotopic (exact) mass is 548 g/mol. The number of nitro benzene ring substituents is 1. The van der Waals surface area contributed by atoms with E-state index in [1.54, 1.807) is 32.9 Å². The third kappa shape index (κ3) is 4.78. The molecular formula is C25H25ClN2O6S2. The van der Waals surface area contributed by atoms with Crippen molar-refractivity contribution in [1.29, 1.82) is 0 Å². The molecule has 0 radical (unpaired) electrons. The third-order valence-corrected chi connectivity index (χ3v) is 9.62. The van der Waals surface area contributed by atoms with Crippen LogP contribution in [0.15, 0.2) is 64.9 Å². The van der Waals surface area contributed by atoms with Crippen molar-refractivity contribution in [3.8, 4) is 10.4 Å². The van der Waals surface area contributed by atoms with Crippen LogP contribution >= 0.6 is 22.9 Å². The molecule has 11 heteroatoms. The molecule has 1 heterocycles. The van der Waals surface area contributed by atoms with Crippen LogP contribution in [-0.4, -0.2) is 30.5 Å². The first-order chi connectivity index (χ1) is 16.7. The number of halogens is 1. The summed E-state index contributed by atoms with van der Waals surface area (Å²) in [6, 6.07) is 16.5. The Morgan fingerprint density at radius 1 is 1.14 bits per heavy atom. The van der Waals surface area contributed by atoms with Gasteiger partial charge in [-0.25, -0.2) is 13.2 Å². The van der Waals surface area contributed by atoms with Gasteiger partial charge in [-0.1, -0.05) is 54.9 Å². The van der Waals surface area contributed by atoms with E-state index in [1.165, 1.54) is 18.2 Å². The Kier molecular flexibility index (Phi) is 6.53. The van der Waals surface area contributed by atoms with Crippen LogP contribution < -0.4 is 4.72 Å². The maximum absolute atomic E-state index is 13.5. The molecule has 36 heavy (non-hydrogen) atoms. The second kappa shape index (κ2) is 8.95. The molecule has 3 aromatic rings. The standard InChI is InChI=1S/C25H25ClN2O6S2/c1-23(2,3)34-22(29)25(15-24(25,4)17-8-6-5-7-9-17)27-36(32,33)21-13-12-20(35-21)16-10-11-18(26)19(14-16)28(30)31/h5-14,27H,15H2,1-4H3/t24-,25?/m1/s1. The molecule has 0 amide bonds. The number of ether oxygens (including phenoxy) is 1. The quantitative estimate of drug-likeness (QED) is 0.230. The number of rotatable bonds is 7. The molecule has 190 valence electrons. The van der Waals surface area contributed by atoms with E-state index in [0.29, 0.717) is 10.4 Å². The number of hydrogen-bond acceptors (Lipinski definition) is 7. The summed E-state index contributed by atoms with van der Waals surface area (Å²) in [5.74, 6) is -0.643. The number of esters is 1. The van der Waals surface area contributed by atoms with Crippen LogP contribution in [0.25, 0.3) is 10.4 Å². The lowest BCUT2D eigenvalue weighted by molar-refractivity contribution is -0.384. The molecule has 1 aliphatic carbocycles. The van der Waals surface area contributed by atoms with Gasteiger partial charge in [-0.2, -0.15) is 4.72 Å². The lowest BCUT2D eigenvalue weighted by atomic mass is 9.93. The molecule has 4 rings (SSSR count). The number of nitrogens with zero attached hydrogens (tertiary/aromatic N) is 1. The van der Waals surface area contributed by atoms with Gasteiger partial charge in [-0.15, -0.1) is 11.3 Å². The zero-order chi connectivity index (χ0) is 26.5. The van der Waals surface area contributed by atoms with E-state index in [4.69, 9.17) is 16.3 Å². The molecule has 1 aliphatic rings. The van der Waals surface area contributed by atoms with E-state index >= 15 is 0 Å². The average molecular weight is 549 g/mol. The molecule has 0 bridgehead atoms. The van der Waals surface area contributed by atoms with Gasteiger partial charge < -0.3 is 4.74 Å². The van der Waals surface area contributed by atoms with Crippen LogP contribution in [0.5, 0.6) is 0 Å². The highest BCUT2D eigenvalue weighted by molar-refractivity contribution is 7.91. The summed E-state index contributed by atoms with van der Waals surface area (Å²) in [5, 5.41) is 11.2. The minimum atomic E-state index is -4.15. The van der Waals surface area contributed by atoms with Crippen molar-refractivity contribution in [3.63, 3.8) is 0 Å². The van der Waals surface area contributed by atoms with Crippen LogP contribution in [0.1, 0.15) is 39.7 Å². The highest BCUT2D eigenvalue weighted by Gasteiger charge is 2.73. The van der Waals surface area contributed by atoms with Gasteiger partial charge in [0, 0.05) is 16.4 Å². The van der Waals surface area contributed by atoms with Crippen LogP contribution in [0.3, 0.4) is 0 Å². The molecule has 0 saturated heterocycles. The molecule has 0 aliphatic heterocycles. The number of hydrogen-bond donors (Lipinski definition) is 1. The van der Waals surface area contributed by atoms with E-state index in [9.17, 15) is 23.3 Å². The normalized spacial score (nSPS) is 21.7. The molecule has 0 spiro atoms. The van der Waals surface area contributed by atoms with Crippen LogP contribution in [0, 0.1) is 10.1 Å². The summed E-state index contributed by atoms with van der Waals surface area (Å²) >= 11 is 6.84. The fourth-order valence-electron chi connectivity index (χ4n) is 4.20. The number of nitrogens with one attached hydrogen (secondary N) is 1. The summed E-state index contributed by atoms with van der Waals surface area (Å²) < 4.78 is 35.3. The third-order valence-electron chi connectivity index (χ3n) is 6.18. The summed E-state index contributed by atoms with van der Waals surface area (Å²) in [6.45, 7) is 7.02. The second-order valence-corrected chi connectivity index (χ2v) is 13.3. The molecule has 1 N–H and O–H groups in total. The molecular weight excluding hydrogens is 524 g/mol. The molecule has 1 unspecified atom stereocenters. The maximum Gasteiger partial charge on any atom is 0.328 e. The van der Waals surface area contributed by atoms with E-state index in [0.717, 1.165) is 16.9 Å². The van der Waals surface area contributed by atoms with Gasteiger partial charge in [-0.05, 0) is 56.5 Å². The van der Waals surface area contributed by atoms with Gasteiger partial charge in [0.2, 0.25) is 0 Å². The fraction of sp³-hybridized carbons (Fsp3) is 0.320. The zero-order valence-electron chi connectivity index (χ0n) is 20.1. The van der Waals surface area contributed by atoms with Gasteiger partial charge in [-0.3, -0.25) is 10.1 Å². The lowest BCUT2D eigenvalue weighted by Gasteiger charge is -2.27. The van der Waals surface area contributed by atoms with E-state index in [-0.39, 0.29) is 21.3 Å². The molecule has 1 fully saturated rings. The van der Waals surface area contributed by atoms with E-state index < -0.39 is 37.5 Å². The van der Waals surface area contributed by atoms with Crippen LogP contribution in [0.4, 0.5) is 5.69 Å². The molecule has 2 atom stereocenters. The fourth-order valence-corrected chi connectivity index (χ4v) is 7.14. The number of carbonyl (C=O) groups excluding carboxylic acids is 1. The second-order valence-electron chi connectivity index (χ2n) is 9.93. The molecule has 1 aromatic heterocycles. The van der Waals surface area contributed by atoms with E-state index in [1.807, 2.05) is 37.3 Å². The van der Waals surface area contributed by atoms with Crippen LogP contribution in [-0.2, 0) is 25.0 Å². The Morgan fingerprint density at radius 2 is 1.81 bits per heavy atom. The topological polar surface area (TPSA) is 116 Å². The van der Waals surface area contributed by atoms with Gasteiger partial charge in [0.05, 0.1) is 4.92 Å². The van der Waals surface area contributed by atoms with Crippen molar-refractivity contribution in [2.75, 3.05) is 0 Å². The van der Waals surface area contributed by atoms with E-state index in [2.05, 4.69) is 4.72 Å². The van der Waals surface area contributed by atoms with Gasteiger partial charge in [0.1, 0.15) is 20.4 Å². The summed E-state index contributed by atoms with van der Waals surface area (Å²) in [6.07, 6.45) is 0.236. The molecule has 2 aromatic carbocycles. The Labute approximate surface area is 218 Å². The molecule has 1 saturated carbocycles. The van der Waals surface area contributed by atoms with Crippen molar-refractivity contribution in [3.05, 3.63) is 81.4 Å². The Balaban J connectivity index is 1.69. The largest absolute Gasteiger partial charge is 0.459 e. The zero-order valence-corrected chi connectivity index (χ0v) is 22.5. The van der Waals surface area contributed by atoms with Crippen molar-refractivity contribution in [1.82, 2.24) is 4.72 Å². The number of carbonyl (C=O) groups is 1. The Hall–Kier alpha value is -2.79. The first kappa shape index (κ1) is 26.3. The Bertz CT molecular complexity index is 1450. The SMILES string of the molecule is CC(C)(C)OC(=O)C1(NS(=O)(=O)c2ccc(-c3ccc(Cl)c([N+](=O)[O-])c3)s2)C[C@]1(C)c1ccccc1. The van der Waals surface area contributed by atoms with Crippen molar-refractivity contribution < 1.29 is 22.9 Å². The average Bonchev–Trinajstić information content (AvgIpc) is 3.14. The predicted molar refractivity (Wildman–Crippen MR) is 139 cm³/mol. The minimum absolute atomic E-state index is 0.0111. The number of thiophene rings is 1.